The molecule has 0 heterocycles. The van der Waals surface area contributed by atoms with E-state index in [1.165, 1.54) is 95.2 Å². The Hall–Kier alpha value is -3.55. The van der Waals surface area contributed by atoms with Crippen molar-refractivity contribution in [3.05, 3.63) is 112 Å². The summed E-state index contributed by atoms with van der Waals surface area (Å²) >= 11 is 0. The van der Waals surface area contributed by atoms with Crippen LogP contribution in [0.3, 0.4) is 0 Å². The van der Waals surface area contributed by atoms with Gasteiger partial charge in [0.25, 0.3) is 0 Å². The van der Waals surface area contributed by atoms with Gasteiger partial charge in [-0.3, -0.25) is 0 Å². The predicted molar refractivity (Wildman–Crippen MR) is 227 cm³/mol. The summed E-state index contributed by atoms with van der Waals surface area (Å²) in [6.07, 6.45) is 14.6. The van der Waals surface area contributed by atoms with Gasteiger partial charge >= 0.3 is 26.2 Å². The first-order valence-corrected chi connectivity index (χ1v) is 20.0. The summed E-state index contributed by atoms with van der Waals surface area (Å²) in [4.78, 5) is 0. The fraction of sp³-hybridized carbons (Fsp3) is 0.365. The number of hydrogen-bond acceptors (Lipinski definition) is 0. The van der Waals surface area contributed by atoms with Gasteiger partial charge in [0.2, 0.25) is 0 Å². The van der Waals surface area contributed by atoms with Gasteiger partial charge in [0, 0.05) is 42.7 Å². The molecule has 0 aliphatic heterocycles. The van der Waals surface area contributed by atoms with Crippen molar-refractivity contribution in [1.29, 1.82) is 0 Å². The average Bonchev–Trinajstić information content (AvgIpc) is 3.69. The van der Waals surface area contributed by atoms with E-state index in [1.807, 2.05) is 0 Å². The van der Waals surface area contributed by atoms with E-state index in [0.29, 0.717) is 5.92 Å². The summed E-state index contributed by atoms with van der Waals surface area (Å²) < 4.78 is 0. The van der Waals surface area contributed by atoms with E-state index in [2.05, 4.69) is 161 Å². The van der Waals surface area contributed by atoms with Crippen LogP contribution in [0.1, 0.15) is 157 Å². The van der Waals surface area contributed by atoms with Crippen molar-refractivity contribution in [3.8, 4) is 58.5 Å². The van der Waals surface area contributed by atoms with Crippen LogP contribution in [-0.4, -0.2) is 0 Å². The zero-order valence-electron chi connectivity index (χ0n) is 33.5. The maximum atomic E-state index is 3.36. The zero-order valence-corrected chi connectivity index (χ0v) is 37.5. The Kier molecular flexibility index (Phi) is 22.1. The second kappa shape index (κ2) is 25.6. The molecule has 0 bridgehead atoms. The molecule has 1 radical (unpaired) electrons. The normalized spacial score (nSPS) is 10.5. The van der Waals surface area contributed by atoms with E-state index in [9.17, 15) is 0 Å². The molecule has 55 heavy (non-hydrogen) atoms. The number of rotatable bonds is 9. The minimum Gasteiger partial charge on any atom is -1.00 e. The fourth-order valence-corrected chi connectivity index (χ4v) is 6.85. The molecule has 0 N–H and O–H groups in total. The third-order valence-corrected chi connectivity index (χ3v) is 9.81. The van der Waals surface area contributed by atoms with Crippen molar-refractivity contribution in [1.82, 2.24) is 0 Å². The van der Waals surface area contributed by atoms with Crippen LogP contribution < -0.4 is 24.8 Å². The second-order valence-corrected chi connectivity index (χ2v) is 13.9. The number of benzene rings is 4. The van der Waals surface area contributed by atoms with E-state index in [4.69, 9.17) is 0 Å². The molecule has 0 nitrogen and oxygen atoms in total. The maximum absolute atomic E-state index is 3.36. The van der Waals surface area contributed by atoms with Crippen molar-refractivity contribution in [2.45, 2.75) is 124 Å². The van der Waals surface area contributed by atoms with E-state index < -0.39 is 0 Å². The topological polar surface area (TPSA) is 0 Å². The standard InChI is InChI=1S/C27H30.C25H25.2ClH.Zr/c1-4-7-9-11-13-21-15-17-24-25-18-16-22(14-12-10-8-5-2)20-27(25)23(6-3)26(24)19-21;1-3-5-7-9-11-20-13-15-24-22(17-20)19-23-18-21(14-16-25(23)24)12-10-8-6-4-2;;;/h15-20,23H,4-10H2,1-3H3;13-19H,3-8H2,1-2H3;2*1H;/q;-1;;;+3/p-2. The van der Waals surface area contributed by atoms with Crippen LogP contribution >= 0.6 is 0 Å². The van der Waals surface area contributed by atoms with Gasteiger partial charge in [0.1, 0.15) is 0 Å². The largest absolute Gasteiger partial charge is 3.00 e. The third-order valence-electron chi connectivity index (χ3n) is 9.81. The maximum Gasteiger partial charge on any atom is 3.00 e. The predicted octanol–water partition coefficient (Wildman–Crippen LogP) is 8.09. The molecule has 0 amide bonds. The first-order valence-electron chi connectivity index (χ1n) is 20.0. The Labute approximate surface area is 364 Å². The molecule has 0 fully saturated rings. The van der Waals surface area contributed by atoms with E-state index in [-0.39, 0.29) is 51.0 Å². The van der Waals surface area contributed by atoms with Gasteiger partial charge in [-0.25, -0.2) is 0 Å². The molecule has 0 atom stereocenters. The molecule has 281 valence electrons. The summed E-state index contributed by atoms with van der Waals surface area (Å²) in [7, 11) is 0. The quantitative estimate of drug-likeness (QED) is 0.0801. The molecule has 0 saturated carbocycles. The summed E-state index contributed by atoms with van der Waals surface area (Å²) in [6, 6.07) is 28.9. The summed E-state index contributed by atoms with van der Waals surface area (Å²) in [5.74, 6) is 27.0. The van der Waals surface area contributed by atoms with Crippen LogP contribution in [0.2, 0.25) is 0 Å². The van der Waals surface area contributed by atoms with Crippen molar-refractivity contribution in [3.63, 3.8) is 0 Å². The fourth-order valence-electron chi connectivity index (χ4n) is 6.85. The molecule has 1 aliphatic carbocycles. The summed E-state index contributed by atoms with van der Waals surface area (Å²) in [5.41, 5.74) is 10.1. The first-order chi connectivity index (χ1) is 25.6. The summed E-state index contributed by atoms with van der Waals surface area (Å²) in [5, 5.41) is 5.15. The number of fused-ring (bicyclic) bond motifs is 6. The molecule has 0 saturated heterocycles. The van der Waals surface area contributed by atoms with Gasteiger partial charge in [0.05, 0.1) is 0 Å². The first kappa shape index (κ1) is 47.6. The molecule has 5 aromatic carbocycles. The van der Waals surface area contributed by atoms with Gasteiger partial charge in [-0.1, -0.05) is 144 Å². The monoisotopic (exact) mass is 839 g/mol. The second-order valence-electron chi connectivity index (χ2n) is 13.9. The van der Waals surface area contributed by atoms with Crippen LogP contribution in [0.25, 0.3) is 32.7 Å². The minimum atomic E-state index is 0. The van der Waals surface area contributed by atoms with Crippen LogP contribution in [0.5, 0.6) is 0 Å². The molecule has 1 aliphatic rings. The van der Waals surface area contributed by atoms with Crippen molar-refractivity contribution in [2.24, 2.45) is 0 Å². The Morgan fingerprint density at radius 1 is 0.455 bits per heavy atom. The van der Waals surface area contributed by atoms with Crippen LogP contribution in [0.15, 0.2) is 78.9 Å². The van der Waals surface area contributed by atoms with Gasteiger partial charge in [0.15, 0.2) is 0 Å². The molecule has 5 aromatic rings. The SMILES string of the molecule is CCCCC#Cc1ccc2c(c1)C(CC)c1cc(C#CCCCC)ccc1-2.CCCCC#Cc1ccc2c(c1)[cH-]c1cc(C#CCCCC)ccc12.[Cl-].[Cl-].[Zr+3]. The smallest absolute Gasteiger partial charge is 1.00 e. The van der Waals surface area contributed by atoms with Crippen molar-refractivity contribution >= 4 is 21.5 Å². The summed E-state index contributed by atoms with van der Waals surface area (Å²) in [6.45, 7) is 11.1. The third kappa shape index (κ3) is 13.3. The van der Waals surface area contributed by atoms with Crippen molar-refractivity contribution in [2.75, 3.05) is 0 Å². The Morgan fingerprint density at radius 2 is 0.782 bits per heavy atom. The molecule has 3 heteroatoms. The Balaban J connectivity index is 0.000000361. The van der Waals surface area contributed by atoms with Crippen LogP contribution in [0.4, 0.5) is 0 Å². The van der Waals surface area contributed by atoms with Crippen LogP contribution in [-0.2, 0) is 26.2 Å². The number of unbranched alkanes of at least 4 members (excludes halogenated alkanes) is 8. The molecule has 0 spiro atoms. The van der Waals surface area contributed by atoms with E-state index >= 15 is 0 Å². The van der Waals surface area contributed by atoms with E-state index in [0.717, 1.165) is 54.4 Å². The molecule has 0 unspecified atom stereocenters. The van der Waals surface area contributed by atoms with Gasteiger partial charge < -0.3 is 24.8 Å². The van der Waals surface area contributed by atoms with Gasteiger partial charge in [-0.2, -0.15) is 0 Å². The zero-order chi connectivity index (χ0) is 36.5. The Morgan fingerprint density at radius 3 is 1.11 bits per heavy atom. The van der Waals surface area contributed by atoms with Gasteiger partial charge in [-0.05, 0) is 89.8 Å². The minimum absolute atomic E-state index is 0. The Bertz CT molecular complexity index is 2070. The number of hydrogen-bond donors (Lipinski definition) is 0. The van der Waals surface area contributed by atoms with Gasteiger partial charge in [-0.15, -0.1) is 39.7 Å². The molecular formula is C52H55Cl2Zr. The average molecular weight is 842 g/mol. The number of halogens is 2. The molecule has 0 aromatic heterocycles. The van der Waals surface area contributed by atoms with Crippen LogP contribution in [0, 0.1) is 47.4 Å². The molecule has 6 rings (SSSR count). The molecular weight excluding hydrogens is 787 g/mol. The van der Waals surface area contributed by atoms with E-state index in [1.54, 1.807) is 0 Å². The van der Waals surface area contributed by atoms with Crippen molar-refractivity contribution < 1.29 is 51.0 Å².